The van der Waals surface area contributed by atoms with Gasteiger partial charge in [0.1, 0.15) is 6.10 Å². The number of aromatic nitrogens is 4. The smallest absolute Gasteiger partial charge is 0.346 e. The van der Waals surface area contributed by atoms with E-state index in [1.165, 1.54) is 4.57 Å². The first-order chi connectivity index (χ1) is 16.7. The molecule has 2 unspecified atom stereocenters. The minimum absolute atomic E-state index is 0.0680. The van der Waals surface area contributed by atoms with Gasteiger partial charge in [-0.2, -0.15) is 4.98 Å². The molecule has 0 bridgehead atoms. The molecule has 2 fully saturated rings. The third kappa shape index (κ3) is 5.81. The van der Waals surface area contributed by atoms with E-state index in [0.717, 1.165) is 20.2 Å². The number of esters is 2. The van der Waals surface area contributed by atoms with E-state index in [-0.39, 0.29) is 17.1 Å². The minimum Gasteiger partial charge on any atom is -0.756 e. The number of anilines is 1. The minimum atomic E-state index is -5.29. The molecule has 0 saturated carbocycles. The Hall–Kier alpha value is -2.30. The first-order valence-corrected chi connectivity index (χ1v) is 13.6. The molecule has 0 aliphatic carbocycles. The van der Waals surface area contributed by atoms with Gasteiger partial charge in [-0.25, -0.2) is 17.9 Å². The Labute approximate surface area is 201 Å². The summed E-state index contributed by atoms with van der Waals surface area (Å²) in [6.07, 6.45) is -4.22. The second-order valence-electron chi connectivity index (χ2n) is 7.15. The Morgan fingerprint density at radius 2 is 1.81 bits per heavy atom. The molecule has 6 atom stereocenters. The Morgan fingerprint density at radius 3 is 2.42 bits per heavy atom. The zero-order chi connectivity index (χ0) is 26.4. The molecule has 0 radical (unpaired) electrons. The quantitative estimate of drug-likeness (QED) is 0.301. The number of nitrogens with one attached hydrogen (secondary N) is 1. The molecule has 2 saturated heterocycles. The highest BCUT2D eigenvalue weighted by atomic mass is 31.3. The molecule has 4 rings (SSSR count). The van der Waals surface area contributed by atoms with Crippen LogP contribution in [0.1, 0.15) is 20.1 Å². The number of hydrogen-bond acceptors (Lipinski definition) is 17. The van der Waals surface area contributed by atoms with Crippen LogP contribution >= 0.6 is 24.2 Å². The van der Waals surface area contributed by atoms with Crippen LogP contribution in [0.25, 0.3) is 11.2 Å². The fourth-order valence-electron chi connectivity index (χ4n) is 3.36. The van der Waals surface area contributed by atoms with Gasteiger partial charge in [0.05, 0.1) is 12.9 Å². The van der Waals surface area contributed by atoms with Gasteiger partial charge in [0, 0.05) is 13.8 Å². The number of phosphoric acid groups is 2. The van der Waals surface area contributed by atoms with Crippen molar-refractivity contribution >= 4 is 53.3 Å². The van der Waals surface area contributed by atoms with Crippen molar-refractivity contribution in [3.05, 3.63) is 16.7 Å². The zero-order valence-electron chi connectivity index (χ0n) is 18.1. The van der Waals surface area contributed by atoms with E-state index >= 15 is 0 Å². The Balaban J connectivity index is 1.65. The highest BCUT2D eigenvalue weighted by Crippen LogP contribution is 2.73. The summed E-state index contributed by atoms with van der Waals surface area (Å²) in [5.41, 5.74) is 4.73. The van der Waals surface area contributed by atoms with Gasteiger partial charge in [0.15, 0.2) is 29.6 Å². The van der Waals surface area contributed by atoms with Gasteiger partial charge in [0.25, 0.3) is 21.2 Å². The molecule has 2 aliphatic rings. The predicted octanol–water partition coefficient (Wildman–Crippen LogP) is -1.29. The topological polar surface area (TPSA) is 269 Å². The van der Waals surface area contributed by atoms with Gasteiger partial charge in [-0.15, -0.1) is 0 Å². The summed E-state index contributed by atoms with van der Waals surface area (Å²) in [7, 11) is -13.6. The van der Waals surface area contributed by atoms with Crippen LogP contribution in [-0.2, 0) is 50.4 Å². The average molecular weight is 571 g/mol. The molecule has 4 heterocycles. The summed E-state index contributed by atoms with van der Waals surface area (Å²) in [5.74, 6) is -1.88. The van der Waals surface area contributed by atoms with Crippen LogP contribution in [0.3, 0.4) is 0 Å². The second-order valence-corrected chi connectivity index (χ2v) is 11.6. The lowest BCUT2D eigenvalue weighted by atomic mass is 10.1. The zero-order valence-corrected chi connectivity index (χ0v) is 20.8. The number of fused-ring (bicyclic) bond motifs is 1. The molecule has 2 aromatic rings. The molecule has 2 aromatic heterocycles. The number of nitrogen functional groups attached to an aromatic ring is 1. The molecule has 0 aromatic carbocycles. The number of nitrogens with zero attached hydrogens (tertiary/aromatic N) is 3. The van der Waals surface area contributed by atoms with E-state index in [1.54, 1.807) is 0 Å². The van der Waals surface area contributed by atoms with Gasteiger partial charge in [-0.3, -0.25) is 33.1 Å². The van der Waals surface area contributed by atoms with E-state index in [1.807, 2.05) is 0 Å². The summed E-state index contributed by atoms with van der Waals surface area (Å²) in [5, 5.41) is 0. The first-order valence-electron chi connectivity index (χ1n) is 9.63. The van der Waals surface area contributed by atoms with Crippen LogP contribution in [0, 0.1) is 0 Å². The maximum atomic E-state index is 12.1. The third-order valence-electron chi connectivity index (χ3n) is 4.49. The van der Waals surface area contributed by atoms with Gasteiger partial charge in [-0.05, 0) is 0 Å². The standard InChI is InChI=1S/C14H18N5O14P3/c1-5(20)28-9-7(3-27-34-31-35(23,24)33-36(25,26)32-34)30-13(10(9)29-6(2)21)19-4-16-8-11(19)17-14(15)18-12(8)22/h4,7,9-10,13H,3H2,1-2H3,(H,23,24)(H,25,26)(H3,15,17,18,22)/p-2/t7-,9-,10-,13-/m1/s1. The highest BCUT2D eigenvalue weighted by Gasteiger charge is 2.51. The molecule has 36 heavy (non-hydrogen) atoms. The van der Waals surface area contributed by atoms with Crippen LogP contribution in [0.2, 0.25) is 0 Å². The molecule has 22 heteroatoms. The Kier molecular flexibility index (Phi) is 7.34. The highest BCUT2D eigenvalue weighted by molar-refractivity contribution is 7.71. The number of nitrogens with two attached hydrogens (primary N) is 1. The number of aromatic amines is 1. The number of carbonyl (C=O) groups excluding carboxylic acids is 2. The van der Waals surface area contributed by atoms with Gasteiger partial charge in [0.2, 0.25) is 5.95 Å². The number of H-pyrrole nitrogens is 1. The Bertz CT molecular complexity index is 1320. The summed E-state index contributed by atoms with van der Waals surface area (Å²) < 4.78 is 58.1. The number of rotatable bonds is 6. The third-order valence-corrected chi connectivity index (χ3v) is 9.12. The fraction of sp³-hybridized carbons (Fsp3) is 0.500. The molecule has 2 aliphatic heterocycles. The van der Waals surface area contributed by atoms with E-state index in [4.69, 9.17) is 24.5 Å². The lowest BCUT2D eigenvalue weighted by molar-refractivity contribution is -0.240. The fourth-order valence-corrected chi connectivity index (χ4v) is 7.45. The van der Waals surface area contributed by atoms with E-state index < -0.39 is 72.9 Å². The average Bonchev–Trinajstić information content (AvgIpc) is 3.25. The van der Waals surface area contributed by atoms with Crippen molar-refractivity contribution in [1.82, 2.24) is 19.5 Å². The van der Waals surface area contributed by atoms with Crippen molar-refractivity contribution in [3.63, 3.8) is 0 Å². The number of imidazole rings is 1. The molecule has 0 amide bonds. The van der Waals surface area contributed by atoms with Crippen LogP contribution in [0.15, 0.2) is 11.1 Å². The number of hydrogen-bond donors (Lipinski definition) is 2. The second kappa shape index (κ2) is 9.87. The van der Waals surface area contributed by atoms with Gasteiger partial charge >= 0.3 is 20.5 Å². The van der Waals surface area contributed by atoms with Crippen molar-refractivity contribution in [3.8, 4) is 0 Å². The maximum Gasteiger partial charge on any atom is 0.346 e. The Morgan fingerprint density at radius 1 is 1.19 bits per heavy atom. The summed E-state index contributed by atoms with van der Waals surface area (Å²) in [6, 6.07) is 0. The summed E-state index contributed by atoms with van der Waals surface area (Å²) in [4.78, 5) is 68.9. The van der Waals surface area contributed by atoms with Gasteiger partial charge in [-0.1, -0.05) is 0 Å². The van der Waals surface area contributed by atoms with Crippen LogP contribution < -0.4 is 21.1 Å². The van der Waals surface area contributed by atoms with Crippen molar-refractivity contribution < 1.29 is 60.2 Å². The van der Waals surface area contributed by atoms with Crippen LogP contribution in [-0.4, -0.2) is 56.4 Å². The van der Waals surface area contributed by atoms with Crippen molar-refractivity contribution in [2.45, 2.75) is 38.4 Å². The molecule has 0 spiro atoms. The maximum absolute atomic E-state index is 12.1. The van der Waals surface area contributed by atoms with Crippen molar-refractivity contribution in [2.75, 3.05) is 12.3 Å². The monoisotopic (exact) mass is 571 g/mol. The van der Waals surface area contributed by atoms with Crippen molar-refractivity contribution in [1.29, 1.82) is 0 Å². The number of carbonyl (C=O) groups is 2. The van der Waals surface area contributed by atoms with E-state index in [0.29, 0.717) is 0 Å². The van der Waals surface area contributed by atoms with Gasteiger partial charge < -0.3 is 34.3 Å². The van der Waals surface area contributed by atoms with E-state index in [2.05, 4.69) is 27.9 Å². The largest absolute Gasteiger partial charge is 0.756 e. The van der Waals surface area contributed by atoms with Crippen molar-refractivity contribution in [2.24, 2.45) is 0 Å². The number of ether oxygens (including phenoxy) is 3. The van der Waals surface area contributed by atoms with Crippen LogP contribution in [0.4, 0.5) is 5.95 Å². The van der Waals surface area contributed by atoms with E-state index in [9.17, 15) is 33.3 Å². The summed E-state index contributed by atoms with van der Waals surface area (Å²) in [6.45, 7) is 1.45. The predicted molar refractivity (Wildman–Crippen MR) is 109 cm³/mol. The molecular weight excluding hydrogens is 555 g/mol. The molecule has 198 valence electrons. The molecule has 3 N–H and O–H groups in total. The summed E-state index contributed by atoms with van der Waals surface area (Å²) >= 11 is 0. The molecular formula is C14H16N5O14P3-2. The normalized spacial score (nSPS) is 34.5. The SMILES string of the molecule is CC(=O)O[C@@H]1[C@H](OC(C)=O)[C@@H](COP2OP(=O)([O-])OP(=O)([O-])O2)O[C@H]1n1cnc2c(=O)[nH]c(N)nc21. The molecule has 19 nitrogen and oxygen atoms in total. The lowest BCUT2D eigenvalue weighted by Gasteiger charge is -2.38. The lowest BCUT2D eigenvalue weighted by Crippen LogP contribution is -2.40. The first kappa shape index (κ1) is 26.8. The van der Waals surface area contributed by atoms with Crippen LogP contribution in [0.5, 0.6) is 0 Å².